The molecule has 0 radical (unpaired) electrons. The van der Waals surface area contributed by atoms with Gasteiger partial charge in [-0.15, -0.1) is 0 Å². The summed E-state index contributed by atoms with van der Waals surface area (Å²) in [4.78, 5) is 21.2. The van der Waals surface area contributed by atoms with Crippen molar-refractivity contribution in [3.8, 4) is 5.69 Å². The second-order valence-corrected chi connectivity index (χ2v) is 5.78. The van der Waals surface area contributed by atoms with Crippen LogP contribution in [0.15, 0.2) is 40.5 Å². The smallest absolute Gasteiger partial charge is 0.266 e. The number of rotatable bonds is 2. The number of benzene rings is 1. The highest BCUT2D eigenvalue weighted by molar-refractivity contribution is 7.98. The van der Waals surface area contributed by atoms with E-state index in [4.69, 9.17) is 0 Å². The fraction of sp³-hybridized carbons (Fsp3) is 0.188. The first-order valence-electron chi connectivity index (χ1n) is 6.71. The van der Waals surface area contributed by atoms with Crippen LogP contribution in [0.1, 0.15) is 11.1 Å². The normalized spacial score (nSPS) is 11.1. The summed E-state index contributed by atoms with van der Waals surface area (Å²) in [6, 6.07) is 4.75. The number of nitrogens with zero attached hydrogens (tertiary/aromatic N) is 3. The maximum atomic E-state index is 14.2. The summed E-state index contributed by atoms with van der Waals surface area (Å²) in [6.07, 6.45) is 5.02. The van der Waals surface area contributed by atoms with Gasteiger partial charge in [0.2, 0.25) is 0 Å². The van der Waals surface area contributed by atoms with Crippen molar-refractivity contribution >= 4 is 22.7 Å². The lowest BCUT2D eigenvalue weighted by Crippen LogP contribution is -2.21. The molecule has 0 aliphatic rings. The first-order chi connectivity index (χ1) is 10.5. The topological polar surface area (TPSA) is 47.8 Å². The Kier molecular flexibility index (Phi) is 3.70. The van der Waals surface area contributed by atoms with Crippen molar-refractivity contribution in [2.75, 3.05) is 6.26 Å². The van der Waals surface area contributed by atoms with E-state index in [0.29, 0.717) is 21.6 Å². The summed E-state index contributed by atoms with van der Waals surface area (Å²) >= 11 is 1.41. The van der Waals surface area contributed by atoms with Crippen LogP contribution in [0.4, 0.5) is 4.39 Å². The van der Waals surface area contributed by atoms with Crippen molar-refractivity contribution in [3.63, 3.8) is 0 Å². The zero-order valence-corrected chi connectivity index (χ0v) is 13.2. The molecule has 0 spiro atoms. The number of fused-ring (bicyclic) bond motifs is 1. The van der Waals surface area contributed by atoms with Gasteiger partial charge in [0.05, 0.1) is 16.6 Å². The Morgan fingerprint density at radius 1 is 1.23 bits per heavy atom. The monoisotopic (exact) mass is 315 g/mol. The highest BCUT2D eigenvalue weighted by Crippen LogP contribution is 2.20. The molecule has 0 fully saturated rings. The summed E-state index contributed by atoms with van der Waals surface area (Å²) in [5, 5.41) is 0.996. The molecule has 4 nitrogen and oxygen atoms in total. The summed E-state index contributed by atoms with van der Waals surface area (Å²) in [5.41, 5.74) is 2.06. The van der Waals surface area contributed by atoms with Crippen LogP contribution in [0, 0.1) is 19.7 Å². The zero-order chi connectivity index (χ0) is 15.9. The molecule has 2 heterocycles. The van der Waals surface area contributed by atoms with Crippen molar-refractivity contribution in [3.05, 3.63) is 57.9 Å². The predicted octanol–water partition coefficient (Wildman–Crippen LogP) is 3.26. The van der Waals surface area contributed by atoms with Crippen molar-refractivity contribution in [2.24, 2.45) is 0 Å². The van der Waals surface area contributed by atoms with Gasteiger partial charge in [0.1, 0.15) is 5.82 Å². The lowest BCUT2D eigenvalue weighted by atomic mass is 10.1. The van der Waals surface area contributed by atoms with E-state index in [-0.39, 0.29) is 11.2 Å². The van der Waals surface area contributed by atoms with Gasteiger partial charge < -0.3 is 0 Å². The number of para-hydroxylation sites is 1. The SMILES string of the molecule is CSc1ncc2c(=O)n(-c3c(C)cccc3F)cc(C)c2n1. The van der Waals surface area contributed by atoms with E-state index in [0.717, 1.165) is 5.56 Å². The number of hydrogen-bond acceptors (Lipinski definition) is 4. The molecule has 2 aromatic heterocycles. The molecule has 0 saturated carbocycles. The van der Waals surface area contributed by atoms with Crippen molar-refractivity contribution < 1.29 is 4.39 Å². The van der Waals surface area contributed by atoms with E-state index < -0.39 is 5.82 Å². The number of halogens is 1. The Morgan fingerprint density at radius 2 is 2.00 bits per heavy atom. The third-order valence-corrected chi connectivity index (χ3v) is 4.09. The van der Waals surface area contributed by atoms with E-state index in [9.17, 15) is 9.18 Å². The highest BCUT2D eigenvalue weighted by atomic mass is 32.2. The van der Waals surface area contributed by atoms with Gasteiger partial charge in [-0.05, 0) is 37.3 Å². The van der Waals surface area contributed by atoms with E-state index in [1.165, 1.54) is 28.6 Å². The fourth-order valence-electron chi connectivity index (χ4n) is 2.46. The molecule has 0 amide bonds. The fourth-order valence-corrected chi connectivity index (χ4v) is 2.80. The molecule has 0 unspecified atom stereocenters. The molecule has 0 saturated heterocycles. The summed E-state index contributed by atoms with van der Waals surface area (Å²) in [7, 11) is 0. The Morgan fingerprint density at radius 3 is 2.68 bits per heavy atom. The Balaban J connectivity index is 2.38. The largest absolute Gasteiger partial charge is 0.280 e. The second kappa shape index (κ2) is 5.53. The maximum Gasteiger partial charge on any atom is 0.266 e. The minimum atomic E-state index is -0.428. The number of pyridine rings is 1. The molecule has 1 aromatic carbocycles. The lowest BCUT2D eigenvalue weighted by molar-refractivity contribution is 0.614. The Labute approximate surface area is 131 Å². The molecule has 3 aromatic rings. The Hall–Kier alpha value is -2.21. The van der Waals surface area contributed by atoms with Crippen molar-refractivity contribution in [1.29, 1.82) is 0 Å². The summed E-state index contributed by atoms with van der Waals surface area (Å²) in [5.74, 6) is -0.428. The van der Waals surface area contributed by atoms with Gasteiger partial charge in [0.15, 0.2) is 5.16 Å². The molecular weight excluding hydrogens is 301 g/mol. The van der Waals surface area contributed by atoms with E-state index >= 15 is 0 Å². The first-order valence-corrected chi connectivity index (χ1v) is 7.94. The molecule has 0 aliphatic carbocycles. The minimum Gasteiger partial charge on any atom is -0.280 e. The van der Waals surface area contributed by atoms with Gasteiger partial charge in [-0.25, -0.2) is 14.4 Å². The highest BCUT2D eigenvalue weighted by Gasteiger charge is 2.14. The van der Waals surface area contributed by atoms with E-state index in [2.05, 4.69) is 9.97 Å². The zero-order valence-electron chi connectivity index (χ0n) is 12.4. The van der Waals surface area contributed by atoms with Gasteiger partial charge in [-0.3, -0.25) is 9.36 Å². The van der Waals surface area contributed by atoms with Crippen LogP contribution in [0.3, 0.4) is 0 Å². The van der Waals surface area contributed by atoms with Crippen LogP contribution in [-0.4, -0.2) is 20.8 Å². The standard InChI is InChI=1S/C16H14FN3OS/c1-9-5-4-6-12(17)14(9)20-8-10(2)13-11(15(20)21)7-18-16(19-13)22-3/h4-8H,1-3H3. The molecule has 0 bridgehead atoms. The molecule has 0 N–H and O–H groups in total. The number of hydrogen-bond donors (Lipinski definition) is 0. The van der Waals surface area contributed by atoms with Gasteiger partial charge in [-0.1, -0.05) is 23.9 Å². The second-order valence-electron chi connectivity index (χ2n) is 5.01. The van der Waals surface area contributed by atoms with Crippen molar-refractivity contribution in [1.82, 2.24) is 14.5 Å². The average Bonchev–Trinajstić information content (AvgIpc) is 2.51. The number of aryl methyl sites for hydroxylation is 2. The quantitative estimate of drug-likeness (QED) is 0.538. The van der Waals surface area contributed by atoms with Crippen LogP contribution in [0.5, 0.6) is 0 Å². The molecule has 112 valence electrons. The predicted molar refractivity (Wildman–Crippen MR) is 86.3 cm³/mol. The molecule has 3 rings (SSSR count). The molecule has 6 heteroatoms. The average molecular weight is 315 g/mol. The number of aromatic nitrogens is 3. The van der Waals surface area contributed by atoms with Gasteiger partial charge >= 0.3 is 0 Å². The van der Waals surface area contributed by atoms with Crippen LogP contribution < -0.4 is 5.56 Å². The molecular formula is C16H14FN3OS. The minimum absolute atomic E-state index is 0.270. The van der Waals surface area contributed by atoms with Gasteiger partial charge in [0, 0.05) is 12.4 Å². The maximum absolute atomic E-state index is 14.2. The molecule has 22 heavy (non-hydrogen) atoms. The van der Waals surface area contributed by atoms with Crippen LogP contribution in [0.25, 0.3) is 16.6 Å². The number of thioether (sulfide) groups is 1. The van der Waals surface area contributed by atoms with Crippen LogP contribution in [-0.2, 0) is 0 Å². The van der Waals surface area contributed by atoms with E-state index in [1.807, 2.05) is 13.2 Å². The van der Waals surface area contributed by atoms with Crippen LogP contribution >= 0.6 is 11.8 Å². The lowest BCUT2D eigenvalue weighted by Gasteiger charge is -2.13. The Bertz CT molecular complexity index is 916. The first kappa shape index (κ1) is 14.7. The third-order valence-electron chi connectivity index (χ3n) is 3.52. The molecule has 0 aliphatic heterocycles. The third kappa shape index (κ3) is 2.29. The molecule has 0 atom stereocenters. The van der Waals surface area contributed by atoms with E-state index in [1.54, 1.807) is 25.3 Å². The summed E-state index contributed by atoms with van der Waals surface area (Å²) < 4.78 is 15.5. The van der Waals surface area contributed by atoms with Gasteiger partial charge in [-0.2, -0.15) is 0 Å². The van der Waals surface area contributed by atoms with Crippen LogP contribution in [0.2, 0.25) is 0 Å². The van der Waals surface area contributed by atoms with Crippen molar-refractivity contribution in [2.45, 2.75) is 19.0 Å². The van der Waals surface area contributed by atoms with Gasteiger partial charge in [0.25, 0.3) is 5.56 Å². The summed E-state index contributed by atoms with van der Waals surface area (Å²) in [6.45, 7) is 3.63.